The van der Waals surface area contributed by atoms with Crippen molar-refractivity contribution in [2.75, 3.05) is 14.7 Å². The van der Waals surface area contributed by atoms with Gasteiger partial charge in [0, 0.05) is 72.5 Å². The van der Waals surface area contributed by atoms with Crippen LogP contribution in [0.3, 0.4) is 0 Å². The van der Waals surface area contributed by atoms with E-state index in [9.17, 15) is 0 Å². The van der Waals surface area contributed by atoms with Crippen molar-refractivity contribution in [3.05, 3.63) is 291 Å². The van der Waals surface area contributed by atoms with E-state index in [2.05, 4.69) is 280 Å². The van der Waals surface area contributed by atoms with Crippen molar-refractivity contribution in [1.29, 1.82) is 0 Å². The van der Waals surface area contributed by atoms with Crippen LogP contribution in [0.25, 0.3) is 27.5 Å². The predicted molar refractivity (Wildman–Crippen MR) is 302 cm³/mol. The largest absolute Gasteiger partial charge is 0.457 e. The van der Waals surface area contributed by atoms with Crippen LogP contribution in [-0.2, 0) is 0 Å². The Kier molecular flexibility index (Phi) is 12.2. The van der Waals surface area contributed by atoms with Crippen molar-refractivity contribution < 1.29 is 4.74 Å². The van der Waals surface area contributed by atoms with Gasteiger partial charge in [-0.1, -0.05) is 163 Å². The molecule has 12 rings (SSSR count). The minimum absolute atomic E-state index is 0.722. The summed E-state index contributed by atoms with van der Waals surface area (Å²) in [5.74, 6) is 1.49. The van der Waals surface area contributed by atoms with Crippen LogP contribution in [0.2, 0.25) is 0 Å². The van der Waals surface area contributed by atoms with Gasteiger partial charge in [0.1, 0.15) is 11.5 Å². The SMILES string of the molecule is c1ccc(Oc2cc(N(c3ccccc3)c3ccccc3)cc(-n3c4ccccc4c4c(N(c5ccccc5)c5cc(Sc6ccccc6)cc(N(c6ccccc6)c6ccccc6)c5)cccc43)c2)cc1. The summed E-state index contributed by atoms with van der Waals surface area (Å²) in [6.07, 6.45) is 0. The van der Waals surface area contributed by atoms with E-state index in [1.807, 2.05) is 30.3 Å². The van der Waals surface area contributed by atoms with Gasteiger partial charge in [-0.15, -0.1) is 0 Å². The molecule has 0 saturated heterocycles. The number of ether oxygens (including phenoxy) is 1. The van der Waals surface area contributed by atoms with E-state index in [1.54, 1.807) is 11.8 Å². The molecular weight excluding hydrogens is 897 g/mol. The van der Waals surface area contributed by atoms with Crippen LogP contribution in [0.15, 0.2) is 301 Å². The number of hydrogen-bond donors (Lipinski definition) is 0. The molecule has 0 aliphatic heterocycles. The molecule has 0 bridgehead atoms. The van der Waals surface area contributed by atoms with Crippen molar-refractivity contribution in [1.82, 2.24) is 4.57 Å². The molecule has 0 fully saturated rings. The third kappa shape index (κ3) is 8.95. The number of aromatic nitrogens is 1. The fourth-order valence-corrected chi connectivity index (χ4v) is 10.6. The highest BCUT2D eigenvalue weighted by atomic mass is 32.2. The molecule has 1 heterocycles. The molecule has 6 heteroatoms. The van der Waals surface area contributed by atoms with Gasteiger partial charge in [-0.2, -0.15) is 0 Å². The van der Waals surface area contributed by atoms with Crippen molar-refractivity contribution in [2.45, 2.75) is 9.79 Å². The normalized spacial score (nSPS) is 11.1. The topological polar surface area (TPSA) is 23.9 Å². The molecular formula is C66H48N4OS. The summed E-state index contributed by atoms with van der Waals surface area (Å²) >= 11 is 1.77. The molecule has 0 aliphatic carbocycles. The number of benzene rings is 11. The highest BCUT2D eigenvalue weighted by Gasteiger charge is 2.25. The first-order chi connectivity index (χ1) is 35.7. The van der Waals surface area contributed by atoms with Crippen molar-refractivity contribution >= 4 is 84.8 Å². The van der Waals surface area contributed by atoms with E-state index in [-0.39, 0.29) is 0 Å². The van der Waals surface area contributed by atoms with Crippen molar-refractivity contribution in [3.8, 4) is 17.2 Å². The molecule has 0 unspecified atom stereocenters. The number of hydrogen-bond acceptors (Lipinski definition) is 5. The highest BCUT2D eigenvalue weighted by Crippen LogP contribution is 2.48. The maximum Gasteiger partial charge on any atom is 0.131 e. The second kappa shape index (κ2) is 20.0. The lowest BCUT2D eigenvalue weighted by atomic mass is 10.1. The van der Waals surface area contributed by atoms with Crippen molar-refractivity contribution in [3.63, 3.8) is 0 Å². The lowest BCUT2D eigenvalue weighted by Crippen LogP contribution is -2.13. The van der Waals surface area contributed by atoms with E-state index < -0.39 is 0 Å². The number of rotatable bonds is 14. The lowest BCUT2D eigenvalue weighted by molar-refractivity contribution is 0.482. The quantitative estimate of drug-likeness (QED) is 0.108. The smallest absolute Gasteiger partial charge is 0.131 e. The summed E-state index contributed by atoms with van der Waals surface area (Å²) in [6.45, 7) is 0. The number of fused-ring (bicyclic) bond motifs is 3. The molecule has 0 amide bonds. The van der Waals surface area contributed by atoms with Crippen LogP contribution in [0.4, 0.5) is 51.2 Å². The zero-order valence-electron chi connectivity index (χ0n) is 39.3. The summed E-state index contributed by atoms with van der Waals surface area (Å²) < 4.78 is 9.17. The van der Waals surface area contributed by atoms with Gasteiger partial charge < -0.3 is 24.0 Å². The maximum absolute atomic E-state index is 6.78. The van der Waals surface area contributed by atoms with E-state index >= 15 is 0 Å². The summed E-state index contributed by atoms with van der Waals surface area (Å²) in [5, 5.41) is 2.26. The average Bonchev–Trinajstić information content (AvgIpc) is 3.78. The summed E-state index contributed by atoms with van der Waals surface area (Å²) in [6, 6.07) is 103. The van der Waals surface area contributed by atoms with E-state index in [0.717, 1.165) is 95.1 Å². The predicted octanol–water partition coefficient (Wildman–Crippen LogP) is 19.1. The first-order valence-corrected chi connectivity index (χ1v) is 25.0. The van der Waals surface area contributed by atoms with Crippen LogP contribution in [0.5, 0.6) is 11.5 Å². The monoisotopic (exact) mass is 944 g/mol. The van der Waals surface area contributed by atoms with Crippen LogP contribution in [0, 0.1) is 0 Å². The number of nitrogens with zero attached hydrogens (tertiary/aromatic N) is 4. The molecule has 344 valence electrons. The second-order valence-electron chi connectivity index (χ2n) is 17.4. The van der Waals surface area contributed by atoms with Gasteiger partial charge in [-0.05, 0) is 127 Å². The molecule has 72 heavy (non-hydrogen) atoms. The second-order valence-corrected chi connectivity index (χ2v) is 18.6. The zero-order chi connectivity index (χ0) is 48.1. The fraction of sp³-hybridized carbons (Fsp3) is 0. The summed E-state index contributed by atoms with van der Waals surface area (Å²) in [4.78, 5) is 9.36. The minimum Gasteiger partial charge on any atom is -0.457 e. The Labute approximate surface area is 424 Å². The van der Waals surface area contributed by atoms with Gasteiger partial charge in [0.05, 0.1) is 28.1 Å². The third-order valence-electron chi connectivity index (χ3n) is 12.7. The Bertz CT molecular complexity index is 3670. The minimum atomic E-state index is 0.722. The highest BCUT2D eigenvalue weighted by molar-refractivity contribution is 7.99. The average molecular weight is 945 g/mol. The molecule has 0 saturated carbocycles. The fourth-order valence-electron chi connectivity index (χ4n) is 9.69. The molecule has 0 N–H and O–H groups in total. The summed E-state index contributed by atoms with van der Waals surface area (Å²) in [7, 11) is 0. The van der Waals surface area contributed by atoms with E-state index in [0.29, 0.717) is 0 Å². The molecule has 0 aliphatic rings. The molecule has 11 aromatic carbocycles. The van der Waals surface area contributed by atoms with E-state index in [4.69, 9.17) is 4.74 Å². The standard InChI is InChI=1S/C66H48N4OS/c1-8-25-49(26-9-1)67(50-27-10-2-11-28-50)54-43-55(46-59(45-54)71-58-35-18-6-19-36-58)70-63-40-23-22-39-62(63)66-64(41-24-42-65(66)70)69(53-33-16-5-17-34-53)57-44-56(47-61(48-57)72-60-37-20-7-21-38-60)68(51-29-12-3-13-30-51)52-31-14-4-15-32-52/h1-48H. The Morgan fingerprint density at radius 2 is 0.722 bits per heavy atom. The Morgan fingerprint density at radius 1 is 0.292 bits per heavy atom. The lowest BCUT2D eigenvalue weighted by Gasteiger charge is -2.30. The summed E-state index contributed by atoms with van der Waals surface area (Å²) in [5.41, 5.74) is 12.5. The van der Waals surface area contributed by atoms with Crippen LogP contribution in [-0.4, -0.2) is 4.57 Å². The molecule has 0 atom stereocenters. The molecule has 0 radical (unpaired) electrons. The maximum atomic E-state index is 6.78. The van der Waals surface area contributed by atoms with Gasteiger partial charge in [-0.25, -0.2) is 0 Å². The van der Waals surface area contributed by atoms with Crippen LogP contribution < -0.4 is 19.4 Å². The first kappa shape index (κ1) is 44.0. The van der Waals surface area contributed by atoms with E-state index in [1.165, 1.54) is 4.90 Å². The van der Waals surface area contributed by atoms with Crippen LogP contribution >= 0.6 is 11.8 Å². The molecule has 0 spiro atoms. The van der Waals surface area contributed by atoms with Gasteiger partial charge in [0.25, 0.3) is 0 Å². The third-order valence-corrected chi connectivity index (χ3v) is 13.7. The number of anilines is 9. The van der Waals surface area contributed by atoms with Crippen molar-refractivity contribution in [2.24, 2.45) is 0 Å². The van der Waals surface area contributed by atoms with Gasteiger partial charge in [0.15, 0.2) is 0 Å². The Hall–Kier alpha value is -9.23. The molecule has 5 nitrogen and oxygen atoms in total. The number of para-hydroxylation sites is 7. The first-order valence-electron chi connectivity index (χ1n) is 24.2. The van der Waals surface area contributed by atoms with Gasteiger partial charge >= 0.3 is 0 Å². The Morgan fingerprint density at radius 3 is 1.26 bits per heavy atom. The Balaban J connectivity index is 1.10. The zero-order valence-corrected chi connectivity index (χ0v) is 40.1. The molecule has 12 aromatic rings. The molecule has 1 aromatic heterocycles. The van der Waals surface area contributed by atoms with Gasteiger partial charge in [0.2, 0.25) is 0 Å². The van der Waals surface area contributed by atoms with Crippen LogP contribution in [0.1, 0.15) is 0 Å². The van der Waals surface area contributed by atoms with Gasteiger partial charge in [-0.3, -0.25) is 0 Å².